The third-order valence-corrected chi connectivity index (χ3v) is 5.47. The van der Waals surface area contributed by atoms with E-state index in [1.807, 2.05) is 62.4 Å². The molecule has 1 N–H and O–H groups in total. The molecule has 4 nitrogen and oxygen atoms in total. The standard InChI is InChI=1S/C22H24N2O2S/c1-16-20(27-22(24-16)19-12-7-4-8-13-19)21(25)23-14-9-15-26-17(2)18-10-5-3-6-11-18/h3-8,10-13,17H,9,14-15H2,1-2H3,(H,23,25)/t17-/m1/s1. The number of amides is 1. The zero-order valence-electron chi connectivity index (χ0n) is 15.6. The van der Waals surface area contributed by atoms with Crippen molar-refractivity contribution in [2.24, 2.45) is 0 Å². The number of hydrogen-bond donors (Lipinski definition) is 1. The Hall–Kier alpha value is -2.50. The Morgan fingerprint density at radius 1 is 1.11 bits per heavy atom. The quantitative estimate of drug-likeness (QED) is 0.559. The monoisotopic (exact) mass is 380 g/mol. The third kappa shape index (κ3) is 5.25. The van der Waals surface area contributed by atoms with E-state index in [2.05, 4.69) is 22.4 Å². The molecule has 140 valence electrons. The summed E-state index contributed by atoms with van der Waals surface area (Å²) in [6.45, 7) is 5.10. The minimum Gasteiger partial charge on any atom is -0.374 e. The van der Waals surface area contributed by atoms with Gasteiger partial charge in [0, 0.05) is 18.7 Å². The van der Waals surface area contributed by atoms with Gasteiger partial charge in [-0.15, -0.1) is 11.3 Å². The summed E-state index contributed by atoms with van der Waals surface area (Å²) in [5.41, 5.74) is 2.97. The molecule has 0 aliphatic rings. The summed E-state index contributed by atoms with van der Waals surface area (Å²) in [5.74, 6) is -0.0664. The Balaban J connectivity index is 1.45. The van der Waals surface area contributed by atoms with E-state index in [9.17, 15) is 4.79 Å². The van der Waals surface area contributed by atoms with E-state index in [1.54, 1.807) is 0 Å². The first kappa shape index (κ1) is 19.3. The second kappa shape index (κ2) is 9.44. The lowest BCUT2D eigenvalue weighted by molar-refractivity contribution is 0.0635. The van der Waals surface area contributed by atoms with Crippen LogP contribution in [0.1, 0.15) is 40.4 Å². The van der Waals surface area contributed by atoms with E-state index in [0.717, 1.165) is 28.2 Å². The Morgan fingerprint density at radius 2 is 1.78 bits per heavy atom. The molecule has 3 aromatic rings. The van der Waals surface area contributed by atoms with Crippen LogP contribution in [0.2, 0.25) is 0 Å². The molecule has 0 saturated heterocycles. The molecule has 0 fully saturated rings. The molecule has 3 rings (SSSR count). The van der Waals surface area contributed by atoms with Gasteiger partial charge in [-0.2, -0.15) is 0 Å². The fourth-order valence-electron chi connectivity index (χ4n) is 2.75. The van der Waals surface area contributed by atoms with Gasteiger partial charge in [-0.05, 0) is 25.8 Å². The number of nitrogens with one attached hydrogen (secondary N) is 1. The van der Waals surface area contributed by atoms with Crippen molar-refractivity contribution in [1.29, 1.82) is 0 Å². The molecule has 5 heteroatoms. The van der Waals surface area contributed by atoms with E-state index in [0.29, 0.717) is 18.0 Å². The van der Waals surface area contributed by atoms with Crippen LogP contribution in [0.15, 0.2) is 60.7 Å². The van der Waals surface area contributed by atoms with E-state index in [-0.39, 0.29) is 12.0 Å². The second-order valence-electron chi connectivity index (χ2n) is 6.33. The Labute approximate surface area is 164 Å². The summed E-state index contributed by atoms with van der Waals surface area (Å²) >= 11 is 1.43. The average Bonchev–Trinajstić information content (AvgIpc) is 3.10. The Morgan fingerprint density at radius 3 is 2.48 bits per heavy atom. The normalized spacial score (nSPS) is 11.9. The lowest BCUT2D eigenvalue weighted by atomic mass is 10.1. The molecule has 0 radical (unpaired) electrons. The predicted octanol–water partition coefficient (Wildman–Crippen LogP) is 5.02. The molecule has 1 aromatic heterocycles. The zero-order valence-corrected chi connectivity index (χ0v) is 16.5. The van der Waals surface area contributed by atoms with Gasteiger partial charge in [0.25, 0.3) is 5.91 Å². The molecule has 1 atom stereocenters. The molecule has 0 bridgehead atoms. The van der Waals surface area contributed by atoms with Gasteiger partial charge in [-0.25, -0.2) is 4.98 Å². The van der Waals surface area contributed by atoms with Gasteiger partial charge in [0.05, 0.1) is 11.8 Å². The first-order chi connectivity index (χ1) is 13.1. The number of ether oxygens (including phenoxy) is 1. The van der Waals surface area contributed by atoms with Gasteiger partial charge >= 0.3 is 0 Å². The smallest absolute Gasteiger partial charge is 0.263 e. The summed E-state index contributed by atoms with van der Waals surface area (Å²) in [7, 11) is 0. The number of hydrogen-bond acceptors (Lipinski definition) is 4. The van der Waals surface area contributed by atoms with Gasteiger partial charge in [0.2, 0.25) is 0 Å². The van der Waals surface area contributed by atoms with E-state index in [4.69, 9.17) is 4.74 Å². The molecular formula is C22H24N2O2S. The minimum absolute atomic E-state index is 0.0547. The van der Waals surface area contributed by atoms with Crippen molar-refractivity contribution in [1.82, 2.24) is 10.3 Å². The van der Waals surface area contributed by atoms with E-state index in [1.165, 1.54) is 11.3 Å². The Kier molecular flexibility index (Phi) is 6.74. The average molecular weight is 381 g/mol. The molecule has 1 heterocycles. The third-order valence-electron chi connectivity index (χ3n) is 4.27. The molecular weight excluding hydrogens is 356 g/mol. The van der Waals surface area contributed by atoms with Crippen LogP contribution in [0.4, 0.5) is 0 Å². The molecule has 0 aliphatic carbocycles. The summed E-state index contributed by atoms with van der Waals surface area (Å²) in [6, 6.07) is 20.1. The maximum absolute atomic E-state index is 12.4. The maximum atomic E-state index is 12.4. The summed E-state index contributed by atoms with van der Waals surface area (Å²) in [4.78, 5) is 17.7. The van der Waals surface area contributed by atoms with Gasteiger partial charge in [0.1, 0.15) is 9.88 Å². The minimum atomic E-state index is -0.0664. The number of carbonyl (C=O) groups excluding carboxylic acids is 1. The van der Waals surface area contributed by atoms with Crippen molar-refractivity contribution in [3.05, 3.63) is 76.8 Å². The molecule has 0 saturated carbocycles. The SMILES string of the molecule is Cc1nc(-c2ccccc2)sc1C(=O)NCCCO[C@H](C)c1ccccc1. The topological polar surface area (TPSA) is 51.2 Å². The number of carbonyl (C=O) groups is 1. The van der Waals surface area contributed by atoms with Gasteiger partial charge in [-0.1, -0.05) is 60.7 Å². The fourth-order valence-corrected chi connectivity index (χ4v) is 3.73. The van der Waals surface area contributed by atoms with Crippen molar-refractivity contribution in [2.75, 3.05) is 13.2 Å². The second-order valence-corrected chi connectivity index (χ2v) is 7.33. The molecule has 0 aliphatic heterocycles. The van der Waals surface area contributed by atoms with Crippen LogP contribution in [0, 0.1) is 6.92 Å². The summed E-state index contributed by atoms with van der Waals surface area (Å²) < 4.78 is 5.84. The van der Waals surface area contributed by atoms with Crippen molar-refractivity contribution < 1.29 is 9.53 Å². The lowest BCUT2D eigenvalue weighted by Crippen LogP contribution is -2.25. The predicted molar refractivity (Wildman–Crippen MR) is 110 cm³/mol. The van der Waals surface area contributed by atoms with Gasteiger partial charge in [0.15, 0.2) is 0 Å². The van der Waals surface area contributed by atoms with Gasteiger partial charge < -0.3 is 10.1 Å². The molecule has 27 heavy (non-hydrogen) atoms. The van der Waals surface area contributed by atoms with Gasteiger partial charge in [-0.3, -0.25) is 4.79 Å². The highest BCUT2D eigenvalue weighted by atomic mass is 32.1. The van der Waals surface area contributed by atoms with Crippen LogP contribution in [-0.4, -0.2) is 24.0 Å². The summed E-state index contributed by atoms with van der Waals surface area (Å²) in [5, 5.41) is 3.84. The summed E-state index contributed by atoms with van der Waals surface area (Å²) in [6.07, 6.45) is 0.825. The van der Waals surface area contributed by atoms with Crippen LogP contribution in [0.25, 0.3) is 10.6 Å². The van der Waals surface area contributed by atoms with E-state index < -0.39 is 0 Å². The van der Waals surface area contributed by atoms with Crippen LogP contribution in [0.3, 0.4) is 0 Å². The molecule has 0 spiro atoms. The van der Waals surface area contributed by atoms with E-state index >= 15 is 0 Å². The highest BCUT2D eigenvalue weighted by Gasteiger charge is 2.15. The Bertz CT molecular complexity index is 863. The number of thiazole rings is 1. The largest absolute Gasteiger partial charge is 0.374 e. The van der Waals surface area contributed by atoms with Crippen LogP contribution < -0.4 is 5.32 Å². The van der Waals surface area contributed by atoms with Crippen molar-refractivity contribution in [2.45, 2.75) is 26.4 Å². The first-order valence-corrected chi connectivity index (χ1v) is 9.94. The maximum Gasteiger partial charge on any atom is 0.263 e. The highest BCUT2D eigenvalue weighted by Crippen LogP contribution is 2.27. The number of aromatic nitrogens is 1. The van der Waals surface area contributed by atoms with Crippen LogP contribution >= 0.6 is 11.3 Å². The number of rotatable bonds is 8. The highest BCUT2D eigenvalue weighted by molar-refractivity contribution is 7.17. The lowest BCUT2D eigenvalue weighted by Gasteiger charge is -2.13. The molecule has 0 unspecified atom stereocenters. The fraction of sp³-hybridized carbons (Fsp3) is 0.273. The van der Waals surface area contributed by atoms with Crippen LogP contribution in [0.5, 0.6) is 0 Å². The first-order valence-electron chi connectivity index (χ1n) is 9.12. The van der Waals surface area contributed by atoms with Crippen molar-refractivity contribution >= 4 is 17.2 Å². The van der Waals surface area contributed by atoms with Crippen LogP contribution in [-0.2, 0) is 4.74 Å². The van der Waals surface area contributed by atoms with Crippen molar-refractivity contribution in [3.63, 3.8) is 0 Å². The number of aryl methyl sites for hydroxylation is 1. The molecule has 2 aromatic carbocycles. The number of benzene rings is 2. The molecule has 1 amide bonds. The van der Waals surface area contributed by atoms with Crippen molar-refractivity contribution in [3.8, 4) is 10.6 Å². The number of nitrogens with zero attached hydrogens (tertiary/aromatic N) is 1. The zero-order chi connectivity index (χ0) is 19.1.